The fourth-order valence-corrected chi connectivity index (χ4v) is 3.38. The van der Waals surface area contributed by atoms with Crippen molar-refractivity contribution in [3.05, 3.63) is 29.7 Å². The molecule has 3 rings (SSSR count). The molecular weight excluding hydrogens is 300 g/mol. The Kier molecular flexibility index (Phi) is 4.90. The zero-order valence-electron chi connectivity index (χ0n) is 12.7. The summed E-state index contributed by atoms with van der Waals surface area (Å²) in [6, 6.07) is 1.85. The minimum atomic E-state index is -0.00390. The first-order chi connectivity index (χ1) is 10.8. The zero-order chi connectivity index (χ0) is 15.4. The van der Waals surface area contributed by atoms with Gasteiger partial charge < -0.3 is 14.1 Å². The Morgan fingerprint density at radius 3 is 3.27 bits per heavy atom. The first-order valence-electron chi connectivity index (χ1n) is 7.67. The number of likely N-dealkylation sites (tertiary alicyclic amines) is 1. The Bertz CT molecular complexity index is 609. The molecule has 2 aromatic heterocycles. The van der Waals surface area contributed by atoms with Gasteiger partial charge in [0.25, 0.3) is 5.91 Å². The van der Waals surface area contributed by atoms with Gasteiger partial charge in [-0.3, -0.25) is 4.79 Å². The summed E-state index contributed by atoms with van der Waals surface area (Å²) in [5.74, 6) is -0.00390. The summed E-state index contributed by atoms with van der Waals surface area (Å²) in [5.41, 5.74) is 1.42. The van der Waals surface area contributed by atoms with E-state index >= 15 is 0 Å². The Hall–Kier alpha value is -1.66. The highest BCUT2D eigenvalue weighted by atomic mass is 32.1. The Morgan fingerprint density at radius 2 is 2.50 bits per heavy atom. The van der Waals surface area contributed by atoms with E-state index in [1.807, 2.05) is 16.3 Å². The largest absolute Gasteiger partial charge is 0.472 e. The third-order valence-electron chi connectivity index (χ3n) is 3.71. The number of thiazole rings is 1. The molecule has 0 unspecified atom stereocenters. The topological polar surface area (TPSA) is 55.6 Å². The predicted octanol–water partition coefficient (Wildman–Crippen LogP) is 3.43. The molecule has 3 heterocycles. The lowest BCUT2D eigenvalue weighted by Gasteiger charge is -2.32. The molecule has 0 N–H and O–H groups in total. The summed E-state index contributed by atoms with van der Waals surface area (Å²) in [6.07, 6.45) is 6.43. The molecule has 0 aromatic carbocycles. The SMILES string of the molecule is CCCO[C@@H]1CCCN(C(=O)c2csc(-c3ccoc3)n2)C1. The molecule has 5 nitrogen and oxygen atoms in total. The predicted molar refractivity (Wildman–Crippen MR) is 85.0 cm³/mol. The normalized spacial score (nSPS) is 18.6. The summed E-state index contributed by atoms with van der Waals surface area (Å²) in [4.78, 5) is 18.9. The summed E-state index contributed by atoms with van der Waals surface area (Å²) >= 11 is 1.46. The minimum absolute atomic E-state index is 0.00390. The Morgan fingerprint density at radius 1 is 1.59 bits per heavy atom. The van der Waals surface area contributed by atoms with Crippen molar-refractivity contribution >= 4 is 17.2 Å². The number of ether oxygens (including phenoxy) is 1. The van der Waals surface area contributed by atoms with Crippen molar-refractivity contribution < 1.29 is 13.9 Å². The van der Waals surface area contributed by atoms with E-state index in [-0.39, 0.29) is 12.0 Å². The van der Waals surface area contributed by atoms with Crippen LogP contribution < -0.4 is 0 Å². The molecule has 0 saturated carbocycles. The second kappa shape index (κ2) is 7.07. The van der Waals surface area contributed by atoms with Gasteiger partial charge in [-0.15, -0.1) is 11.3 Å². The molecule has 1 aliphatic rings. The van der Waals surface area contributed by atoms with Gasteiger partial charge in [-0.2, -0.15) is 0 Å². The maximum Gasteiger partial charge on any atom is 0.273 e. The average molecular weight is 320 g/mol. The van der Waals surface area contributed by atoms with Gasteiger partial charge in [-0.25, -0.2) is 4.98 Å². The summed E-state index contributed by atoms with van der Waals surface area (Å²) < 4.78 is 10.8. The maximum absolute atomic E-state index is 12.6. The molecule has 0 bridgehead atoms. The standard InChI is InChI=1S/C16H20N2O3S/c1-2-7-21-13-4-3-6-18(9-13)16(19)14-11-22-15(17-14)12-5-8-20-10-12/h5,8,10-11,13H,2-4,6-7,9H2,1H3/t13-/m1/s1. The molecule has 2 aromatic rings. The van der Waals surface area contributed by atoms with Crippen LogP contribution in [-0.4, -0.2) is 41.6 Å². The summed E-state index contributed by atoms with van der Waals surface area (Å²) in [7, 11) is 0. The minimum Gasteiger partial charge on any atom is -0.472 e. The molecule has 1 aliphatic heterocycles. The molecule has 1 atom stereocenters. The molecule has 1 amide bonds. The molecule has 118 valence electrons. The van der Waals surface area contributed by atoms with E-state index in [9.17, 15) is 4.79 Å². The lowest BCUT2D eigenvalue weighted by atomic mass is 10.1. The summed E-state index contributed by atoms with van der Waals surface area (Å²) in [6.45, 7) is 4.30. The summed E-state index contributed by atoms with van der Waals surface area (Å²) in [5, 5.41) is 2.63. The number of hydrogen-bond donors (Lipinski definition) is 0. The number of piperidine rings is 1. The number of nitrogens with zero attached hydrogens (tertiary/aromatic N) is 2. The van der Waals surface area contributed by atoms with Gasteiger partial charge in [-0.05, 0) is 25.3 Å². The van der Waals surface area contributed by atoms with Gasteiger partial charge in [-0.1, -0.05) is 6.92 Å². The van der Waals surface area contributed by atoms with E-state index in [2.05, 4.69) is 11.9 Å². The van der Waals surface area contributed by atoms with Crippen molar-refractivity contribution in [2.75, 3.05) is 19.7 Å². The highest BCUT2D eigenvalue weighted by Gasteiger charge is 2.26. The average Bonchev–Trinajstić information content (AvgIpc) is 3.23. The van der Waals surface area contributed by atoms with Crippen LogP contribution in [0.1, 0.15) is 36.7 Å². The van der Waals surface area contributed by atoms with Crippen molar-refractivity contribution in [1.82, 2.24) is 9.88 Å². The van der Waals surface area contributed by atoms with Crippen molar-refractivity contribution in [2.45, 2.75) is 32.3 Å². The Balaban J connectivity index is 1.66. The monoisotopic (exact) mass is 320 g/mol. The highest BCUT2D eigenvalue weighted by Crippen LogP contribution is 2.25. The van der Waals surface area contributed by atoms with Gasteiger partial charge in [0, 0.05) is 30.6 Å². The number of hydrogen-bond acceptors (Lipinski definition) is 5. The van der Waals surface area contributed by atoms with Crippen LogP contribution in [0.4, 0.5) is 0 Å². The van der Waals surface area contributed by atoms with Gasteiger partial charge >= 0.3 is 0 Å². The van der Waals surface area contributed by atoms with E-state index in [4.69, 9.17) is 9.15 Å². The van der Waals surface area contributed by atoms with Crippen LogP contribution in [0, 0.1) is 0 Å². The number of furan rings is 1. The Labute approximate surface area is 133 Å². The fourth-order valence-electron chi connectivity index (χ4n) is 2.60. The van der Waals surface area contributed by atoms with Gasteiger partial charge in [0.2, 0.25) is 0 Å². The molecule has 1 fully saturated rings. The second-order valence-electron chi connectivity index (χ2n) is 5.44. The third kappa shape index (κ3) is 3.39. The van der Waals surface area contributed by atoms with E-state index in [1.54, 1.807) is 12.5 Å². The van der Waals surface area contributed by atoms with Crippen LogP contribution in [0.3, 0.4) is 0 Å². The smallest absolute Gasteiger partial charge is 0.273 e. The number of aromatic nitrogens is 1. The first kappa shape index (κ1) is 15.2. The fraction of sp³-hybridized carbons (Fsp3) is 0.500. The van der Waals surface area contributed by atoms with Crippen LogP contribution in [0.5, 0.6) is 0 Å². The molecule has 1 saturated heterocycles. The molecule has 0 radical (unpaired) electrons. The molecule has 0 spiro atoms. The van der Waals surface area contributed by atoms with Crippen molar-refractivity contribution in [1.29, 1.82) is 0 Å². The zero-order valence-corrected chi connectivity index (χ0v) is 13.5. The molecular formula is C16H20N2O3S. The lowest BCUT2D eigenvalue weighted by Crippen LogP contribution is -2.43. The van der Waals surface area contributed by atoms with Crippen molar-refractivity contribution in [3.63, 3.8) is 0 Å². The van der Waals surface area contributed by atoms with Crippen LogP contribution >= 0.6 is 11.3 Å². The lowest BCUT2D eigenvalue weighted by molar-refractivity contribution is 0.00195. The quantitative estimate of drug-likeness (QED) is 0.847. The maximum atomic E-state index is 12.6. The van der Waals surface area contributed by atoms with Crippen LogP contribution in [-0.2, 0) is 4.74 Å². The van der Waals surface area contributed by atoms with Crippen molar-refractivity contribution in [3.8, 4) is 10.6 Å². The first-order valence-corrected chi connectivity index (χ1v) is 8.55. The van der Waals surface area contributed by atoms with Gasteiger partial charge in [0.05, 0.1) is 12.4 Å². The van der Waals surface area contributed by atoms with Crippen LogP contribution in [0.25, 0.3) is 10.6 Å². The molecule has 22 heavy (non-hydrogen) atoms. The molecule has 0 aliphatic carbocycles. The number of rotatable bonds is 5. The number of carbonyl (C=O) groups excluding carboxylic acids is 1. The second-order valence-corrected chi connectivity index (χ2v) is 6.29. The van der Waals surface area contributed by atoms with Gasteiger partial charge in [0.15, 0.2) is 0 Å². The number of carbonyl (C=O) groups is 1. The van der Waals surface area contributed by atoms with E-state index < -0.39 is 0 Å². The van der Waals surface area contributed by atoms with Crippen LogP contribution in [0.2, 0.25) is 0 Å². The van der Waals surface area contributed by atoms with E-state index in [0.717, 1.165) is 43.0 Å². The van der Waals surface area contributed by atoms with Crippen molar-refractivity contribution in [2.24, 2.45) is 0 Å². The van der Waals surface area contributed by atoms with E-state index in [1.165, 1.54) is 11.3 Å². The van der Waals surface area contributed by atoms with E-state index in [0.29, 0.717) is 12.2 Å². The van der Waals surface area contributed by atoms with Gasteiger partial charge in [0.1, 0.15) is 17.0 Å². The third-order valence-corrected chi connectivity index (χ3v) is 4.61. The molecule has 6 heteroatoms. The van der Waals surface area contributed by atoms with Crippen LogP contribution in [0.15, 0.2) is 28.4 Å². The number of amides is 1. The highest BCUT2D eigenvalue weighted by molar-refractivity contribution is 7.13.